The van der Waals surface area contributed by atoms with E-state index in [-0.39, 0.29) is 24.3 Å². The Hall–Kier alpha value is -4.20. The highest BCUT2D eigenvalue weighted by atomic mass is 16.6. The van der Waals surface area contributed by atoms with Crippen molar-refractivity contribution in [3.63, 3.8) is 0 Å². The summed E-state index contributed by atoms with van der Waals surface area (Å²) in [5.41, 5.74) is 11.8. The quantitative estimate of drug-likeness (QED) is 0.313. The minimum Gasteiger partial charge on any atom is -0.444 e. The van der Waals surface area contributed by atoms with Crippen molar-refractivity contribution in [1.82, 2.24) is 9.80 Å². The zero-order valence-corrected chi connectivity index (χ0v) is 31.1. The van der Waals surface area contributed by atoms with E-state index in [1.807, 2.05) is 57.5 Å². The number of likely N-dealkylation sites (tertiary alicyclic amines) is 2. The van der Waals surface area contributed by atoms with Gasteiger partial charge in [0.1, 0.15) is 11.2 Å². The molecular formula is C43H52N4O4. The van der Waals surface area contributed by atoms with E-state index in [0.717, 1.165) is 56.5 Å². The van der Waals surface area contributed by atoms with Gasteiger partial charge in [0.15, 0.2) is 0 Å². The predicted octanol–water partition coefficient (Wildman–Crippen LogP) is 9.89. The predicted molar refractivity (Wildman–Crippen MR) is 203 cm³/mol. The van der Waals surface area contributed by atoms with Gasteiger partial charge in [-0.1, -0.05) is 36.4 Å². The number of ether oxygens (including phenoxy) is 2. The van der Waals surface area contributed by atoms with Gasteiger partial charge >= 0.3 is 12.2 Å². The van der Waals surface area contributed by atoms with Crippen LogP contribution in [0.1, 0.15) is 133 Å². The normalized spacial score (nSPS) is 25.5. The minimum atomic E-state index is -0.513. The zero-order chi connectivity index (χ0) is 35.7. The third-order valence-electron chi connectivity index (χ3n) is 11.5. The van der Waals surface area contributed by atoms with E-state index >= 15 is 0 Å². The van der Waals surface area contributed by atoms with Gasteiger partial charge in [0.05, 0.1) is 12.1 Å². The van der Waals surface area contributed by atoms with Crippen molar-refractivity contribution in [1.29, 1.82) is 0 Å². The zero-order valence-electron chi connectivity index (χ0n) is 31.1. The maximum Gasteiger partial charge on any atom is 0.410 e. The molecule has 51 heavy (non-hydrogen) atoms. The molecular weight excluding hydrogens is 636 g/mol. The van der Waals surface area contributed by atoms with Crippen molar-refractivity contribution in [3.05, 3.63) is 71.1 Å². The van der Waals surface area contributed by atoms with Crippen molar-refractivity contribution in [2.24, 2.45) is 9.98 Å². The number of fused-ring (bicyclic) bond motifs is 5. The first-order valence-electron chi connectivity index (χ1n) is 19.1. The highest BCUT2D eigenvalue weighted by molar-refractivity contribution is 6.04. The van der Waals surface area contributed by atoms with Crippen LogP contribution in [0, 0.1) is 0 Å². The number of carbonyl (C=O) groups is 2. The third-order valence-corrected chi connectivity index (χ3v) is 11.5. The number of allylic oxidation sites excluding steroid dienone is 2. The molecule has 0 N–H and O–H groups in total. The lowest BCUT2D eigenvalue weighted by Gasteiger charge is -2.29. The van der Waals surface area contributed by atoms with Crippen LogP contribution in [0.2, 0.25) is 0 Å². The molecule has 2 aromatic carbocycles. The van der Waals surface area contributed by atoms with E-state index in [1.54, 1.807) is 0 Å². The van der Waals surface area contributed by atoms with Crippen LogP contribution in [0.15, 0.2) is 58.8 Å². The number of aliphatic imine (C=N–C) groups is 2. The molecule has 2 amide bonds. The molecule has 3 fully saturated rings. The molecule has 4 atom stereocenters. The van der Waals surface area contributed by atoms with Gasteiger partial charge in [-0.3, -0.25) is 19.8 Å². The van der Waals surface area contributed by atoms with Crippen LogP contribution in [-0.2, 0) is 9.47 Å². The summed E-state index contributed by atoms with van der Waals surface area (Å²) >= 11 is 0. The summed E-state index contributed by atoms with van der Waals surface area (Å²) < 4.78 is 11.5. The monoisotopic (exact) mass is 688 g/mol. The number of rotatable bonds is 5. The molecule has 8 heteroatoms. The molecule has 2 aromatic rings. The highest BCUT2D eigenvalue weighted by Gasteiger charge is 2.42. The van der Waals surface area contributed by atoms with Crippen LogP contribution >= 0.6 is 0 Å². The Labute approximate surface area is 302 Å². The number of amides is 2. The molecule has 0 spiro atoms. The van der Waals surface area contributed by atoms with Crippen molar-refractivity contribution in [3.8, 4) is 11.1 Å². The first kappa shape index (κ1) is 33.9. The smallest absolute Gasteiger partial charge is 0.410 e. The SMILES string of the molecule is CC(C)(C)OC(=O)N1CCCC1C1=NC=C(c2ccc(-c3ccc(C4=CN=C(C5CCCN5C(=O)OC(C)(C)C)C4)c4c3C3CCC4C3)cc2)C1. The maximum atomic E-state index is 13.0. The van der Waals surface area contributed by atoms with Crippen LogP contribution in [0.3, 0.4) is 0 Å². The summed E-state index contributed by atoms with van der Waals surface area (Å²) in [5, 5.41) is 0. The van der Waals surface area contributed by atoms with Crippen LogP contribution in [-0.4, -0.2) is 69.8 Å². The van der Waals surface area contributed by atoms with Gasteiger partial charge in [-0.25, -0.2) is 9.59 Å². The van der Waals surface area contributed by atoms with E-state index in [2.05, 4.69) is 42.6 Å². The van der Waals surface area contributed by atoms with E-state index in [1.165, 1.54) is 63.8 Å². The van der Waals surface area contributed by atoms with Crippen LogP contribution in [0.5, 0.6) is 0 Å². The molecule has 1 saturated carbocycles. The summed E-state index contributed by atoms with van der Waals surface area (Å²) in [7, 11) is 0. The molecule has 8 rings (SSSR count). The fourth-order valence-corrected chi connectivity index (χ4v) is 9.37. The van der Waals surface area contributed by atoms with E-state index < -0.39 is 11.2 Å². The number of hydrogen-bond donors (Lipinski definition) is 0. The Morgan fingerprint density at radius 2 is 1.10 bits per heavy atom. The molecule has 4 heterocycles. The fraction of sp³-hybridized carbons (Fsp3) is 0.535. The molecule has 0 radical (unpaired) electrons. The maximum absolute atomic E-state index is 13.0. The van der Waals surface area contributed by atoms with E-state index in [0.29, 0.717) is 18.4 Å². The highest BCUT2D eigenvalue weighted by Crippen LogP contribution is 2.58. The first-order chi connectivity index (χ1) is 24.3. The first-order valence-corrected chi connectivity index (χ1v) is 19.1. The summed E-state index contributed by atoms with van der Waals surface area (Å²) in [5.74, 6) is 1.20. The molecule has 2 saturated heterocycles. The van der Waals surface area contributed by atoms with Gasteiger partial charge in [0, 0.05) is 49.8 Å². The van der Waals surface area contributed by atoms with Gasteiger partial charge in [0.2, 0.25) is 0 Å². The van der Waals surface area contributed by atoms with Gasteiger partial charge < -0.3 is 9.47 Å². The average Bonchev–Trinajstić information content (AvgIpc) is 3.93. The van der Waals surface area contributed by atoms with Crippen LogP contribution in [0.4, 0.5) is 9.59 Å². The fourth-order valence-electron chi connectivity index (χ4n) is 9.37. The Morgan fingerprint density at radius 3 is 1.65 bits per heavy atom. The lowest BCUT2D eigenvalue weighted by molar-refractivity contribution is 0.0254. The molecule has 4 unspecified atom stereocenters. The molecule has 8 nitrogen and oxygen atoms in total. The Morgan fingerprint density at radius 1 is 0.627 bits per heavy atom. The number of carbonyl (C=O) groups excluding carboxylic acids is 2. The Balaban J connectivity index is 0.971. The number of nitrogens with zero attached hydrogens (tertiary/aromatic N) is 4. The topological polar surface area (TPSA) is 83.8 Å². The average molecular weight is 689 g/mol. The standard InChI is InChI=1S/C43H52N4O4/c1-42(2,3)50-40(48)46-19-7-9-36(46)34-22-30(24-44-34)26-11-13-27(14-12-26)32-17-18-33(39-29-16-15-28(21-29)38(32)39)31-23-35(45-25-31)37-10-8-20-47(37)41(49)51-43(4,5)6/h11-14,17-18,24-25,28-29,36-37H,7-10,15-16,19-23H2,1-6H3. The number of benzene rings is 2. The lowest BCUT2D eigenvalue weighted by atomic mass is 9.80. The van der Waals surface area contributed by atoms with Gasteiger partial charge in [-0.05, 0) is 143 Å². The van der Waals surface area contributed by atoms with Crippen LogP contribution in [0.25, 0.3) is 22.3 Å². The van der Waals surface area contributed by atoms with Gasteiger partial charge in [0.25, 0.3) is 0 Å². The van der Waals surface area contributed by atoms with Crippen molar-refractivity contribution < 1.29 is 19.1 Å². The molecule has 268 valence electrons. The molecule has 0 aromatic heterocycles. The number of hydrogen-bond acceptors (Lipinski definition) is 6. The summed E-state index contributed by atoms with van der Waals surface area (Å²) in [6.45, 7) is 12.9. The molecule has 2 bridgehead atoms. The van der Waals surface area contributed by atoms with Crippen molar-refractivity contribution in [2.45, 2.75) is 134 Å². The Kier molecular flexibility index (Phi) is 8.50. The van der Waals surface area contributed by atoms with E-state index in [4.69, 9.17) is 19.5 Å². The third kappa shape index (κ3) is 6.55. The van der Waals surface area contributed by atoms with Crippen LogP contribution < -0.4 is 0 Å². The molecule has 4 aliphatic heterocycles. The van der Waals surface area contributed by atoms with Gasteiger partial charge in [-0.2, -0.15) is 0 Å². The summed E-state index contributed by atoms with van der Waals surface area (Å²) in [6, 6.07) is 13.7. The lowest BCUT2D eigenvalue weighted by Crippen LogP contribution is -2.43. The van der Waals surface area contributed by atoms with Gasteiger partial charge in [-0.15, -0.1) is 0 Å². The van der Waals surface area contributed by atoms with Crippen molar-refractivity contribution >= 4 is 34.8 Å². The second kappa shape index (κ2) is 12.8. The molecule has 6 aliphatic rings. The second-order valence-electron chi connectivity index (χ2n) is 17.3. The largest absolute Gasteiger partial charge is 0.444 e. The molecule has 2 aliphatic carbocycles. The Bertz CT molecular complexity index is 1870. The van der Waals surface area contributed by atoms with Crippen molar-refractivity contribution in [2.75, 3.05) is 13.1 Å². The van der Waals surface area contributed by atoms with E-state index in [9.17, 15) is 9.59 Å². The second-order valence-corrected chi connectivity index (χ2v) is 17.3. The minimum absolute atomic E-state index is 0.00272. The summed E-state index contributed by atoms with van der Waals surface area (Å²) in [6.07, 6.45) is 12.7. The summed E-state index contributed by atoms with van der Waals surface area (Å²) in [4.78, 5) is 39.5.